The zero-order chi connectivity index (χ0) is 13.1. The summed E-state index contributed by atoms with van der Waals surface area (Å²) >= 11 is 0. The number of hydrogen-bond acceptors (Lipinski definition) is 2. The van der Waals surface area contributed by atoms with E-state index in [1.165, 1.54) is 22.4 Å². The Morgan fingerprint density at radius 1 is 1.22 bits per heavy atom. The lowest BCUT2D eigenvalue weighted by atomic mass is 10.0. The van der Waals surface area contributed by atoms with E-state index in [1.807, 2.05) is 13.4 Å². The summed E-state index contributed by atoms with van der Waals surface area (Å²) in [6, 6.07) is 6.61. The number of nitrogens with zero attached hydrogens (tertiary/aromatic N) is 2. The monoisotopic (exact) mass is 243 g/mol. The third-order valence-electron chi connectivity index (χ3n) is 3.40. The molecule has 0 radical (unpaired) electrons. The smallest absolute Gasteiger partial charge is 0.0951 e. The van der Waals surface area contributed by atoms with Crippen LogP contribution in [0.2, 0.25) is 0 Å². The van der Waals surface area contributed by atoms with Crippen LogP contribution in [0.25, 0.3) is 11.3 Å². The minimum absolute atomic E-state index is 0.953. The fraction of sp³-hybridized carbons (Fsp3) is 0.400. The van der Waals surface area contributed by atoms with Gasteiger partial charge in [0.15, 0.2) is 0 Å². The summed E-state index contributed by atoms with van der Waals surface area (Å²) in [7, 11) is 4.03. The standard InChI is InChI=1S/C15H21N3/c1-11-5-6-13(9-12(11)2)15-14(7-8-16-3)17-10-18(15)4/h5-6,9-10,16H,7-8H2,1-4H3. The molecule has 0 saturated heterocycles. The first-order valence-electron chi connectivity index (χ1n) is 6.36. The molecule has 0 aliphatic carbocycles. The van der Waals surface area contributed by atoms with Gasteiger partial charge in [-0.15, -0.1) is 0 Å². The van der Waals surface area contributed by atoms with Crippen molar-refractivity contribution >= 4 is 0 Å². The van der Waals surface area contributed by atoms with Crippen molar-refractivity contribution in [1.82, 2.24) is 14.9 Å². The Hall–Kier alpha value is -1.61. The Kier molecular flexibility index (Phi) is 3.82. The van der Waals surface area contributed by atoms with Crippen molar-refractivity contribution in [2.45, 2.75) is 20.3 Å². The lowest BCUT2D eigenvalue weighted by Gasteiger charge is -2.09. The molecule has 0 amide bonds. The minimum Gasteiger partial charge on any atom is -0.334 e. The van der Waals surface area contributed by atoms with Crippen LogP contribution in [0.3, 0.4) is 0 Å². The highest BCUT2D eigenvalue weighted by Gasteiger charge is 2.11. The maximum atomic E-state index is 4.50. The molecule has 0 aliphatic rings. The van der Waals surface area contributed by atoms with Crippen LogP contribution in [-0.2, 0) is 13.5 Å². The van der Waals surface area contributed by atoms with E-state index in [0.717, 1.165) is 18.7 Å². The van der Waals surface area contributed by atoms with E-state index in [9.17, 15) is 0 Å². The van der Waals surface area contributed by atoms with E-state index in [-0.39, 0.29) is 0 Å². The summed E-state index contributed by atoms with van der Waals surface area (Å²) in [5.41, 5.74) is 6.30. The lowest BCUT2D eigenvalue weighted by molar-refractivity contribution is 0.780. The van der Waals surface area contributed by atoms with Gasteiger partial charge in [0, 0.05) is 25.6 Å². The molecule has 0 aliphatic heterocycles. The van der Waals surface area contributed by atoms with Crippen molar-refractivity contribution in [3.8, 4) is 11.3 Å². The Balaban J connectivity index is 2.42. The van der Waals surface area contributed by atoms with E-state index >= 15 is 0 Å². The van der Waals surface area contributed by atoms with Gasteiger partial charge in [0.2, 0.25) is 0 Å². The van der Waals surface area contributed by atoms with E-state index < -0.39 is 0 Å². The highest BCUT2D eigenvalue weighted by atomic mass is 15.0. The van der Waals surface area contributed by atoms with Crippen LogP contribution in [0.4, 0.5) is 0 Å². The summed E-state index contributed by atoms with van der Waals surface area (Å²) in [6.07, 6.45) is 2.86. The van der Waals surface area contributed by atoms with Crippen LogP contribution < -0.4 is 5.32 Å². The number of likely N-dealkylation sites (N-methyl/N-ethyl adjacent to an activating group) is 1. The number of hydrogen-bond donors (Lipinski definition) is 1. The molecule has 3 nitrogen and oxygen atoms in total. The number of nitrogens with one attached hydrogen (secondary N) is 1. The molecule has 0 spiro atoms. The molecule has 1 aromatic carbocycles. The molecule has 2 rings (SSSR count). The average Bonchev–Trinajstić information content (AvgIpc) is 2.71. The van der Waals surface area contributed by atoms with Crippen LogP contribution in [0.1, 0.15) is 16.8 Å². The van der Waals surface area contributed by atoms with Gasteiger partial charge in [0.1, 0.15) is 0 Å². The predicted molar refractivity (Wildman–Crippen MR) is 75.7 cm³/mol. The number of imidazole rings is 1. The van der Waals surface area contributed by atoms with Crippen molar-refractivity contribution in [3.05, 3.63) is 41.3 Å². The number of benzene rings is 1. The normalized spacial score (nSPS) is 10.9. The first-order valence-corrected chi connectivity index (χ1v) is 6.36. The quantitative estimate of drug-likeness (QED) is 0.894. The highest BCUT2D eigenvalue weighted by Crippen LogP contribution is 2.25. The number of rotatable bonds is 4. The van der Waals surface area contributed by atoms with E-state index in [4.69, 9.17) is 0 Å². The van der Waals surface area contributed by atoms with Crippen LogP contribution in [0.15, 0.2) is 24.5 Å². The third-order valence-corrected chi connectivity index (χ3v) is 3.40. The van der Waals surface area contributed by atoms with Gasteiger partial charge in [-0.2, -0.15) is 0 Å². The summed E-state index contributed by atoms with van der Waals surface area (Å²) in [5.74, 6) is 0. The van der Waals surface area contributed by atoms with Crippen molar-refractivity contribution in [1.29, 1.82) is 0 Å². The molecule has 0 unspecified atom stereocenters. The van der Waals surface area contributed by atoms with Crippen LogP contribution >= 0.6 is 0 Å². The van der Waals surface area contributed by atoms with Crippen LogP contribution in [-0.4, -0.2) is 23.1 Å². The maximum Gasteiger partial charge on any atom is 0.0951 e. The van der Waals surface area contributed by atoms with Crippen LogP contribution in [0.5, 0.6) is 0 Å². The summed E-state index contributed by atoms with van der Waals surface area (Å²) in [5, 5.41) is 3.18. The van der Waals surface area contributed by atoms with Crippen molar-refractivity contribution in [2.75, 3.05) is 13.6 Å². The molecule has 1 N–H and O–H groups in total. The average molecular weight is 243 g/mol. The third kappa shape index (κ3) is 2.46. The second-order valence-electron chi connectivity index (χ2n) is 4.80. The second-order valence-corrected chi connectivity index (χ2v) is 4.80. The number of aryl methyl sites for hydroxylation is 3. The Morgan fingerprint density at radius 3 is 2.67 bits per heavy atom. The van der Waals surface area contributed by atoms with E-state index in [2.05, 4.69) is 54.0 Å². The summed E-state index contributed by atoms with van der Waals surface area (Å²) in [4.78, 5) is 4.50. The Morgan fingerprint density at radius 2 is 2.00 bits per heavy atom. The molecule has 18 heavy (non-hydrogen) atoms. The number of aromatic nitrogens is 2. The maximum absolute atomic E-state index is 4.50. The van der Waals surface area contributed by atoms with E-state index in [0.29, 0.717) is 0 Å². The molecule has 2 aromatic rings. The van der Waals surface area contributed by atoms with Gasteiger partial charge in [-0.1, -0.05) is 12.1 Å². The Labute approximate surface area is 109 Å². The molecule has 0 saturated carbocycles. The minimum atomic E-state index is 0.953. The molecule has 3 heteroatoms. The molecular formula is C15H21N3. The Bertz CT molecular complexity index is 541. The molecule has 0 atom stereocenters. The van der Waals surface area contributed by atoms with Gasteiger partial charge in [-0.25, -0.2) is 4.98 Å². The second kappa shape index (κ2) is 5.36. The van der Waals surface area contributed by atoms with Gasteiger partial charge in [0.25, 0.3) is 0 Å². The first kappa shape index (κ1) is 12.8. The van der Waals surface area contributed by atoms with Gasteiger partial charge in [0.05, 0.1) is 17.7 Å². The SMILES string of the molecule is CNCCc1ncn(C)c1-c1ccc(C)c(C)c1. The fourth-order valence-corrected chi connectivity index (χ4v) is 2.16. The van der Waals surface area contributed by atoms with Crippen molar-refractivity contribution in [3.63, 3.8) is 0 Å². The molecule has 1 aromatic heterocycles. The molecular weight excluding hydrogens is 222 g/mol. The molecule has 1 heterocycles. The molecule has 0 bridgehead atoms. The van der Waals surface area contributed by atoms with Gasteiger partial charge in [-0.3, -0.25) is 0 Å². The highest BCUT2D eigenvalue weighted by molar-refractivity contribution is 5.64. The molecule has 96 valence electrons. The zero-order valence-electron chi connectivity index (χ0n) is 11.6. The van der Waals surface area contributed by atoms with Crippen LogP contribution in [0, 0.1) is 13.8 Å². The summed E-state index contributed by atoms with van der Waals surface area (Å²) in [6.45, 7) is 5.25. The lowest BCUT2D eigenvalue weighted by Crippen LogP contribution is -2.11. The summed E-state index contributed by atoms with van der Waals surface area (Å²) < 4.78 is 2.11. The molecule has 0 fully saturated rings. The van der Waals surface area contributed by atoms with Crippen molar-refractivity contribution in [2.24, 2.45) is 7.05 Å². The van der Waals surface area contributed by atoms with Gasteiger partial charge >= 0.3 is 0 Å². The van der Waals surface area contributed by atoms with E-state index in [1.54, 1.807) is 0 Å². The van der Waals surface area contributed by atoms with Crippen molar-refractivity contribution < 1.29 is 0 Å². The largest absolute Gasteiger partial charge is 0.334 e. The zero-order valence-corrected chi connectivity index (χ0v) is 11.6. The topological polar surface area (TPSA) is 29.9 Å². The van der Waals surface area contributed by atoms with Gasteiger partial charge in [-0.05, 0) is 38.1 Å². The predicted octanol–water partition coefficient (Wildman–Crippen LogP) is 2.47. The van der Waals surface area contributed by atoms with Gasteiger partial charge < -0.3 is 9.88 Å². The fourth-order valence-electron chi connectivity index (χ4n) is 2.16. The first-order chi connectivity index (χ1) is 8.63.